The van der Waals surface area contributed by atoms with E-state index < -0.39 is 6.09 Å². The van der Waals surface area contributed by atoms with Gasteiger partial charge in [-0.05, 0) is 49.4 Å². The Morgan fingerprint density at radius 3 is 2.57 bits per heavy atom. The summed E-state index contributed by atoms with van der Waals surface area (Å²) < 4.78 is 0. The van der Waals surface area contributed by atoms with Gasteiger partial charge in [0.1, 0.15) is 0 Å². The summed E-state index contributed by atoms with van der Waals surface area (Å²) in [4.78, 5) is 17.3. The van der Waals surface area contributed by atoms with Gasteiger partial charge in [-0.2, -0.15) is 0 Å². The number of para-hydroxylation sites is 1. The highest BCUT2D eigenvalue weighted by Gasteiger charge is 2.40. The highest BCUT2D eigenvalue weighted by atomic mass is 32.1. The first-order valence-electron chi connectivity index (χ1n) is 8.11. The van der Waals surface area contributed by atoms with Gasteiger partial charge in [-0.15, -0.1) is 11.3 Å². The van der Waals surface area contributed by atoms with E-state index in [1.807, 2.05) is 35.7 Å². The summed E-state index contributed by atoms with van der Waals surface area (Å²) in [6.07, 6.45) is 1.37. The summed E-state index contributed by atoms with van der Waals surface area (Å²) in [5.74, 6) is 0.479. The van der Waals surface area contributed by atoms with Crippen molar-refractivity contribution in [3.05, 3.63) is 41.8 Å². The SMILES string of the molecule is O=C(O)N(c1ccccc1-c1cccs1)C1CN2CCC1CC2. The minimum Gasteiger partial charge on any atom is -0.465 e. The van der Waals surface area contributed by atoms with Crippen LogP contribution in [0, 0.1) is 5.92 Å². The number of anilines is 1. The zero-order chi connectivity index (χ0) is 15.8. The molecule has 1 N–H and O–H groups in total. The molecule has 0 saturated carbocycles. The van der Waals surface area contributed by atoms with Gasteiger partial charge in [0, 0.05) is 17.0 Å². The predicted molar refractivity (Wildman–Crippen MR) is 93.2 cm³/mol. The second-order valence-electron chi connectivity index (χ2n) is 6.35. The van der Waals surface area contributed by atoms with Crippen molar-refractivity contribution in [3.8, 4) is 10.4 Å². The lowest BCUT2D eigenvalue weighted by atomic mass is 9.83. The normalized spacial score (nSPS) is 26.2. The molecular weight excluding hydrogens is 308 g/mol. The number of hydrogen-bond acceptors (Lipinski definition) is 3. The molecule has 1 aromatic carbocycles. The molecule has 1 atom stereocenters. The summed E-state index contributed by atoms with van der Waals surface area (Å²) in [7, 11) is 0. The monoisotopic (exact) mass is 328 g/mol. The first-order chi connectivity index (χ1) is 11.2. The van der Waals surface area contributed by atoms with E-state index in [1.165, 1.54) is 0 Å². The van der Waals surface area contributed by atoms with Crippen LogP contribution in [0.2, 0.25) is 0 Å². The van der Waals surface area contributed by atoms with Crippen LogP contribution < -0.4 is 4.90 Å². The van der Waals surface area contributed by atoms with Gasteiger partial charge < -0.3 is 10.0 Å². The topological polar surface area (TPSA) is 43.8 Å². The van der Waals surface area contributed by atoms with E-state index in [9.17, 15) is 9.90 Å². The van der Waals surface area contributed by atoms with Crippen LogP contribution in [0.1, 0.15) is 12.8 Å². The molecule has 3 aliphatic heterocycles. The van der Waals surface area contributed by atoms with E-state index in [-0.39, 0.29) is 6.04 Å². The van der Waals surface area contributed by atoms with E-state index >= 15 is 0 Å². The zero-order valence-corrected chi connectivity index (χ0v) is 13.7. The minimum atomic E-state index is -0.840. The Balaban J connectivity index is 1.76. The van der Waals surface area contributed by atoms with Gasteiger partial charge in [-0.25, -0.2) is 4.79 Å². The molecule has 3 fully saturated rings. The number of fused-ring (bicyclic) bond motifs is 3. The van der Waals surface area contributed by atoms with Gasteiger partial charge in [-0.3, -0.25) is 4.90 Å². The fraction of sp³-hybridized carbons (Fsp3) is 0.389. The standard InChI is InChI=1S/C18H20N2O2S/c21-18(22)20(16-12-19-9-7-13(16)8-10-19)15-5-2-1-4-14(15)17-6-3-11-23-17/h1-6,11,13,16H,7-10,12H2,(H,21,22). The van der Waals surface area contributed by atoms with Gasteiger partial charge in [0.25, 0.3) is 0 Å². The van der Waals surface area contributed by atoms with Crippen LogP contribution in [-0.2, 0) is 0 Å². The summed E-state index contributed by atoms with van der Waals surface area (Å²) in [5.41, 5.74) is 1.84. The van der Waals surface area contributed by atoms with E-state index in [1.54, 1.807) is 16.2 Å². The van der Waals surface area contributed by atoms with Crippen LogP contribution in [0.5, 0.6) is 0 Å². The largest absolute Gasteiger partial charge is 0.465 e. The van der Waals surface area contributed by atoms with Crippen LogP contribution >= 0.6 is 11.3 Å². The van der Waals surface area contributed by atoms with Gasteiger partial charge in [0.2, 0.25) is 0 Å². The molecule has 1 aromatic heterocycles. The van der Waals surface area contributed by atoms with Crippen LogP contribution in [0.15, 0.2) is 41.8 Å². The summed E-state index contributed by atoms with van der Waals surface area (Å²) in [5, 5.41) is 12.0. The maximum Gasteiger partial charge on any atom is 0.412 e. The molecule has 5 heteroatoms. The molecule has 5 rings (SSSR count). The fourth-order valence-electron chi connectivity index (χ4n) is 3.97. The van der Waals surface area contributed by atoms with Crippen molar-refractivity contribution in [1.82, 2.24) is 4.90 Å². The molecule has 0 aliphatic carbocycles. The van der Waals surface area contributed by atoms with E-state index in [0.29, 0.717) is 5.92 Å². The average molecular weight is 328 g/mol. The van der Waals surface area contributed by atoms with Crippen molar-refractivity contribution >= 4 is 23.1 Å². The summed E-state index contributed by atoms with van der Waals surface area (Å²) in [6.45, 7) is 3.08. The molecule has 23 heavy (non-hydrogen) atoms. The van der Waals surface area contributed by atoms with Gasteiger partial charge in [-0.1, -0.05) is 24.3 Å². The molecule has 4 nitrogen and oxygen atoms in total. The molecular formula is C18H20N2O2S. The molecule has 3 aliphatic rings. The quantitative estimate of drug-likeness (QED) is 0.926. The molecule has 0 radical (unpaired) electrons. The minimum absolute atomic E-state index is 0.0658. The Morgan fingerprint density at radius 2 is 1.96 bits per heavy atom. The van der Waals surface area contributed by atoms with E-state index in [4.69, 9.17) is 0 Å². The molecule has 2 bridgehead atoms. The molecule has 2 aromatic rings. The highest BCUT2D eigenvalue weighted by molar-refractivity contribution is 7.13. The molecule has 120 valence electrons. The number of nitrogens with zero attached hydrogens (tertiary/aromatic N) is 2. The lowest BCUT2D eigenvalue weighted by Crippen LogP contribution is -2.58. The zero-order valence-electron chi connectivity index (χ0n) is 12.9. The Labute approximate surface area is 140 Å². The Bertz CT molecular complexity index is 693. The van der Waals surface area contributed by atoms with Crippen molar-refractivity contribution < 1.29 is 9.90 Å². The van der Waals surface area contributed by atoms with Gasteiger partial charge in [0.15, 0.2) is 0 Å². The molecule has 0 spiro atoms. The summed E-state index contributed by atoms with van der Waals surface area (Å²) in [6, 6.07) is 12.0. The third-order valence-corrected chi connectivity index (χ3v) is 6.01. The maximum absolute atomic E-state index is 12.1. The van der Waals surface area contributed by atoms with Crippen LogP contribution in [0.25, 0.3) is 10.4 Å². The van der Waals surface area contributed by atoms with Gasteiger partial charge >= 0.3 is 6.09 Å². The lowest BCUT2D eigenvalue weighted by molar-refractivity contribution is 0.0838. The summed E-state index contributed by atoms with van der Waals surface area (Å²) >= 11 is 1.65. The highest BCUT2D eigenvalue weighted by Crippen LogP contribution is 2.39. The molecule has 1 amide bonds. The van der Waals surface area contributed by atoms with Crippen molar-refractivity contribution in [2.45, 2.75) is 18.9 Å². The fourth-order valence-corrected chi connectivity index (χ4v) is 4.73. The number of benzene rings is 1. The number of carbonyl (C=O) groups is 1. The van der Waals surface area contributed by atoms with Crippen LogP contribution in [0.4, 0.5) is 10.5 Å². The van der Waals surface area contributed by atoms with Gasteiger partial charge in [0.05, 0.1) is 11.7 Å². The number of piperidine rings is 3. The van der Waals surface area contributed by atoms with E-state index in [2.05, 4.69) is 11.0 Å². The van der Waals surface area contributed by atoms with Crippen molar-refractivity contribution in [3.63, 3.8) is 0 Å². The molecule has 3 saturated heterocycles. The number of carboxylic acid groups (broad SMARTS) is 1. The van der Waals surface area contributed by atoms with Crippen LogP contribution in [-0.4, -0.2) is 41.8 Å². The van der Waals surface area contributed by atoms with Crippen molar-refractivity contribution in [2.24, 2.45) is 5.92 Å². The maximum atomic E-state index is 12.1. The Morgan fingerprint density at radius 1 is 1.17 bits per heavy atom. The number of thiophene rings is 1. The Kier molecular flexibility index (Phi) is 3.83. The second kappa shape index (κ2) is 5.98. The van der Waals surface area contributed by atoms with Crippen molar-refractivity contribution in [1.29, 1.82) is 0 Å². The average Bonchev–Trinajstić information content (AvgIpc) is 3.11. The Hall–Kier alpha value is -1.85. The number of amides is 1. The first-order valence-corrected chi connectivity index (χ1v) is 8.99. The lowest BCUT2D eigenvalue weighted by Gasteiger charge is -2.48. The molecule has 1 unspecified atom stereocenters. The predicted octanol–water partition coefficient (Wildman–Crippen LogP) is 3.99. The van der Waals surface area contributed by atoms with E-state index in [0.717, 1.165) is 48.6 Å². The second-order valence-corrected chi connectivity index (χ2v) is 7.30. The third-order valence-electron chi connectivity index (χ3n) is 5.11. The first kappa shape index (κ1) is 14.7. The van der Waals surface area contributed by atoms with Crippen LogP contribution in [0.3, 0.4) is 0 Å². The third kappa shape index (κ3) is 2.64. The van der Waals surface area contributed by atoms with Crippen molar-refractivity contribution in [2.75, 3.05) is 24.5 Å². The number of hydrogen-bond donors (Lipinski definition) is 1. The number of rotatable bonds is 3. The smallest absolute Gasteiger partial charge is 0.412 e. The molecule has 4 heterocycles.